The number of nitrogens with zero attached hydrogens (tertiary/aromatic N) is 2. The van der Waals surface area contributed by atoms with Crippen molar-refractivity contribution >= 4 is 11.6 Å². The van der Waals surface area contributed by atoms with Gasteiger partial charge in [0.25, 0.3) is 0 Å². The summed E-state index contributed by atoms with van der Waals surface area (Å²) in [6.45, 7) is 6.27. The van der Waals surface area contributed by atoms with E-state index in [-0.39, 0.29) is 0 Å². The zero-order valence-corrected chi connectivity index (χ0v) is 14.1. The summed E-state index contributed by atoms with van der Waals surface area (Å²) in [5.41, 5.74) is 2.47. The summed E-state index contributed by atoms with van der Waals surface area (Å²) < 4.78 is 0. The van der Waals surface area contributed by atoms with Gasteiger partial charge in [0.1, 0.15) is 0 Å². The first-order chi connectivity index (χ1) is 10.0. The van der Waals surface area contributed by atoms with E-state index < -0.39 is 0 Å². The number of hydrogen-bond acceptors (Lipinski definition) is 2. The third kappa shape index (κ3) is 7.02. The van der Waals surface area contributed by atoms with Gasteiger partial charge in [0.15, 0.2) is 5.96 Å². The lowest BCUT2D eigenvalue weighted by Crippen LogP contribution is -2.37. The maximum atomic E-state index is 4.25. The summed E-state index contributed by atoms with van der Waals surface area (Å²) in [5, 5.41) is 6.70. The highest BCUT2D eigenvalue weighted by atomic mass is 15.2. The Kier molecular flexibility index (Phi) is 7.65. The first kappa shape index (κ1) is 17.3. The van der Waals surface area contributed by atoms with Gasteiger partial charge in [0, 0.05) is 39.9 Å². The summed E-state index contributed by atoms with van der Waals surface area (Å²) in [5.74, 6) is 1.63. The van der Waals surface area contributed by atoms with E-state index in [1.807, 2.05) is 7.05 Å². The molecule has 0 atom stereocenters. The molecule has 0 saturated carbocycles. The second-order valence-corrected chi connectivity index (χ2v) is 5.95. The van der Waals surface area contributed by atoms with E-state index in [9.17, 15) is 0 Å². The fraction of sp³-hybridized carbons (Fsp3) is 0.588. The number of guanidine groups is 1. The predicted octanol–water partition coefficient (Wildman–Crippen LogP) is 2.85. The van der Waals surface area contributed by atoms with Gasteiger partial charge in [-0.3, -0.25) is 4.99 Å². The number of nitrogens with one attached hydrogen (secondary N) is 2. The van der Waals surface area contributed by atoms with E-state index in [1.165, 1.54) is 24.1 Å². The van der Waals surface area contributed by atoms with E-state index in [0.717, 1.165) is 25.0 Å². The normalized spacial score (nSPS) is 11.6. The second kappa shape index (κ2) is 9.27. The summed E-state index contributed by atoms with van der Waals surface area (Å²) in [7, 11) is 5.92. The third-order valence-corrected chi connectivity index (χ3v) is 3.39. The quantitative estimate of drug-likeness (QED) is 0.461. The van der Waals surface area contributed by atoms with E-state index in [0.29, 0.717) is 0 Å². The van der Waals surface area contributed by atoms with Gasteiger partial charge in [-0.05, 0) is 36.5 Å². The van der Waals surface area contributed by atoms with Gasteiger partial charge in [0.2, 0.25) is 0 Å². The fourth-order valence-electron chi connectivity index (χ4n) is 2.04. The minimum atomic E-state index is 0.761. The van der Waals surface area contributed by atoms with Crippen LogP contribution in [0.1, 0.15) is 32.3 Å². The van der Waals surface area contributed by atoms with Crippen LogP contribution < -0.4 is 15.5 Å². The lowest BCUT2D eigenvalue weighted by Gasteiger charge is -2.14. The fourth-order valence-corrected chi connectivity index (χ4v) is 2.04. The minimum Gasteiger partial charge on any atom is -0.378 e. The Labute approximate surface area is 129 Å². The summed E-state index contributed by atoms with van der Waals surface area (Å²) >= 11 is 0. The minimum absolute atomic E-state index is 0.761. The van der Waals surface area contributed by atoms with E-state index in [2.05, 4.69) is 72.7 Å². The largest absolute Gasteiger partial charge is 0.378 e. The van der Waals surface area contributed by atoms with Gasteiger partial charge in [-0.1, -0.05) is 26.0 Å². The second-order valence-electron chi connectivity index (χ2n) is 5.95. The molecule has 1 rings (SSSR count). The third-order valence-electron chi connectivity index (χ3n) is 3.39. The van der Waals surface area contributed by atoms with E-state index in [4.69, 9.17) is 0 Å². The first-order valence-corrected chi connectivity index (χ1v) is 7.73. The van der Waals surface area contributed by atoms with Crippen LogP contribution in [0.3, 0.4) is 0 Å². The highest BCUT2D eigenvalue weighted by Gasteiger charge is 2.00. The van der Waals surface area contributed by atoms with E-state index >= 15 is 0 Å². The molecule has 0 radical (unpaired) electrons. The molecule has 0 amide bonds. The Morgan fingerprint density at radius 1 is 1.14 bits per heavy atom. The number of aliphatic imine (C=N–C) groups is 1. The van der Waals surface area contributed by atoms with Gasteiger partial charge in [-0.25, -0.2) is 0 Å². The molecule has 0 saturated heterocycles. The molecule has 0 spiro atoms. The van der Waals surface area contributed by atoms with Crippen molar-refractivity contribution in [1.29, 1.82) is 0 Å². The molecule has 4 heteroatoms. The van der Waals surface area contributed by atoms with Crippen LogP contribution in [0.5, 0.6) is 0 Å². The van der Waals surface area contributed by atoms with Gasteiger partial charge >= 0.3 is 0 Å². The van der Waals surface area contributed by atoms with Crippen molar-refractivity contribution in [3.05, 3.63) is 29.8 Å². The molecule has 0 unspecified atom stereocenters. The van der Waals surface area contributed by atoms with Crippen LogP contribution in [0.25, 0.3) is 0 Å². The average Bonchev–Trinajstić information content (AvgIpc) is 2.46. The van der Waals surface area contributed by atoms with Crippen LogP contribution in [0.2, 0.25) is 0 Å². The van der Waals surface area contributed by atoms with Gasteiger partial charge in [-0.15, -0.1) is 0 Å². The monoisotopic (exact) mass is 290 g/mol. The Morgan fingerprint density at radius 2 is 1.81 bits per heavy atom. The molecule has 0 aliphatic rings. The highest BCUT2D eigenvalue weighted by Crippen LogP contribution is 2.11. The SMILES string of the molecule is CN=C(NCCCC(C)C)NCc1ccc(N(C)C)cc1. The Hall–Kier alpha value is -1.71. The van der Waals surface area contributed by atoms with Crippen LogP contribution in [0.4, 0.5) is 5.69 Å². The van der Waals surface area contributed by atoms with Crippen LogP contribution in [-0.4, -0.2) is 33.6 Å². The molecule has 0 aromatic heterocycles. The molecule has 4 nitrogen and oxygen atoms in total. The summed E-state index contributed by atoms with van der Waals surface area (Å²) in [6.07, 6.45) is 2.42. The van der Waals surface area contributed by atoms with Gasteiger partial charge in [-0.2, -0.15) is 0 Å². The molecule has 1 aromatic carbocycles. The number of rotatable bonds is 7. The highest BCUT2D eigenvalue weighted by molar-refractivity contribution is 5.79. The molecule has 2 N–H and O–H groups in total. The van der Waals surface area contributed by atoms with Gasteiger partial charge in [0.05, 0.1) is 0 Å². The van der Waals surface area contributed by atoms with Gasteiger partial charge < -0.3 is 15.5 Å². The van der Waals surface area contributed by atoms with Crippen LogP contribution in [0, 0.1) is 5.92 Å². The number of anilines is 1. The zero-order valence-electron chi connectivity index (χ0n) is 14.1. The number of benzene rings is 1. The van der Waals surface area contributed by atoms with Crippen molar-refractivity contribution in [2.45, 2.75) is 33.2 Å². The van der Waals surface area contributed by atoms with Crippen molar-refractivity contribution < 1.29 is 0 Å². The molecule has 0 aliphatic heterocycles. The molecule has 118 valence electrons. The first-order valence-electron chi connectivity index (χ1n) is 7.73. The molecule has 21 heavy (non-hydrogen) atoms. The van der Waals surface area contributed by atoms with Crippen molar-refractivity contribution in [2.24, 2.45) is 10.9 Å². The van der Waals surface area contributed by atoms with Crippen LogP contribution in [0.15, 0.2) is 29.3 Å². The Morgan fingerprint density at radius 3 is 2.33 bits per heavy atom. The maximum absolute atomic E-state index is 4.25. The van der Waals surface area contributed by atoms with Crippen LogP contribution >= 0.6 is 0 Å². The molecule has 0 aliphatic carbocycles. The van der Waals surface area contributed by atoms with Crippen LogP contribution in [-0.2, 0) is 6.54 Å². The zero-order chi connectivity index (χ0) is 15.7. The molecule has 0 bridgehead atoms. The standard InChI is InChI=1S/C17H30N4/c1-14(2)7-6-12-19-17(18-3)20-13-15-8-10-16(11-9-15)21(4)5/h8-11,14H,6-7,12-13H2,1-5H3,(H2,18,19,20). The predicted molar refractivity (Wildman–Crippen MR) is 93.0 cm³/mol. The molecular formula is C17H30N4. The lowest BCUT2D eigenvalue weighted by atomic mass is 10.1. The van der Waals surface area contributed by atoms with Crippen molar-refractivity contribution in [3.63, 3.8) is 0 Å². The molecular weight excluding hydrogens is 260 g/mol. The topological polar surface area (TPSA) is 39.7 Å². The number of hydrogen-bond donors (Lipinski definition) is 2. The average molecular weight is 290 g/mol. The van der Waals surface area contributed by atoms with Crippen molar-refractivity contribution in [1.82, 2.24) is 10.6 Å². The van der Waals surface area contributed by atoms with Crippen molar-refractivity contribution in [3.8, 4) is 0 Å². The van der Waals surface area contributed by atoms with E-state index in [1.54, 1.807) is 0 Å². The maximum Gasteiger partial charge on any atom is 0.191 e. The lowest BCUT2D eigenvalue weighted by molar-refractivity contribution is 0.549. The Bertz CT molecular complexity index is 421. The summed E-state index contributed by atoms with van der Waals surface area (Å²) in [6, 6.07) is 8.56. The molecule has 1 aromatic rings. The summed E-state index contributed by atoms with van der Waals surface area (Å²) in [4.78, 5) is 6.36. The Balaban J connectivity index is 2.34. The van der Waals surface area contributed by atoms with Crippen molar-refractivity contribution in [2.75, 3.05) is 32.6 Å². The molecule has 0 fully saturated rings. The molecule has 0 heterocycles. The smallest absolute Gasteiger partial charge is 0.191 e.